The van der Waals surface area contributed by atoms with Crippen molar-refractivity contribution in [2.75, 3.05) is 0 Å². The van der Waals surface area contributed by atoms with Crippen LogP contribution in [0.1, 0.15) is 72.6 Å². The van der Waals surface area contributed by atoms with Gasteiger partial charge in [0.25, 0.3) is 0 Å². The Hall–Kier alpha value is -0.0400. The van der Waals surface area contributed by atoms with Crippen LogP contribution in [-0.4, -0.2) is 12.1 Å². The topological polar surface area (TPSA) is 12.0 Å². The van der Waals surface area contributed by atoms with E-state index in [0.29, 0.717) is 5.41 Å². The molecule has 3 unspecified atom stereocenters. The van der Waals surface area contributed by atoms with Crippen molar-refractivity contribution in [1.29, 1.82) is 0 Å². The molecule has 0 aromatic carbocycles. The Morgan fingerprint density at radius 1 is 1.06 bits per heavy atom. The highest BCUT2D eigenvalue weighted by molar-refractivity contribution is 4.91. The summed E-state index contributed by atoms with van der Waals surface area (Å²) < 4.78 is 0. The number of hydrogen-bond donors (Lipinski definition) is 1. The van der Waals surface area contributed by atoms with Gasteiger partial charge in [-0.15, -0.1) is 0 Å². The molecule has 0 aromatic heterocycles. The van der Waals surface area contributed by atoms with Gasteiger partial charge in [-0.25, -0.2) is 0 Å². The third-order valence-electron chi connectivity index (χ3n) is 5.09. The van der Waals surface area contributed by atoms with Gasteiger partial charge in [0.15, 0.2) is 0 Å². The minimum Gasteiger partial charge on any atom is -0.311 e. The third kappa shape index (κ3) is 3.47. The molecule has 3 atom stereocenters. The number of nitrogens with one attached hydrogen (secondary N) is 1. The second kappa shape index (κ2) is 5.30. The summed E-state index contributed by atoms with van der Waals surface area (Å²) in [6, 6.07) is 1.61. The minimum atomic E-state index is 0.583. The third-order valence-corrected chi connectivity index (χ3v) is 5.09. The van der Waals surface area contributed by atoms with E-state index in [0.717, 1.165) is 23.9 Å². The van der Waals surface area contributed by atoms with E-state index in [4.69, 9.17) is 0 Å². The summed E-state index contributed by atoms with van der Waals surface area (Å²) in [6.07, 6.45) is 9.95. The van der Waals surface area contributed by atoms with E-state index in [9.17, 15) is 0 Å². The maximum Gasteiger partial charge on any atom is 0.0100 e. The van der Waals surface area contributed by atoms with Crippen molar-refractivity contribution in [2.45, 2.75) is 84.7 Å². The van der Waals surface area contributed by atoms with E-state index in [1.807, 2.05) is 0 Å². The molecule has 0 aromatic rings. The molecule has 1 nitrogen and oxygen atoms in total. The predicted molar refractivity (Wildman–Crippen MR) is 75.1 cm³/mol. The van der Waals surface area contributed by atoms with Crippen molar-refractivity contribution in [2.24, 2.45) is 17.3 Å². The normalized spacial score (nSPS) is 37.6. The first-order chi connectivity index (χ1) is 7.98. The van der Waals surface area contributed by atoms with E-state index in [-0.39, 0.29) is 0 Å². The first-order valence-corrected chi connectivity index (χ1v) is 7.74. The molecule has 2 rings (SSSR count). The summed E-state index contributed by atoms with van der Waals surface area (Å²) in [7, 11) is 0. The molecule has 100 valence electrons. The van der Waals surface area contributed by atoms with Crippen LogP contribution in [0.4, 0.5) is 0 Å². The van der Waals surface area contributed by atoms with E-state index >= 15 is 0 Å². The van der Waals surface area contributed by atoms with Crippen molar-refractivity contribution in [1.82, 2.24) is 5.32 Å². The van der Waals surface area contributed by atoms with Crippen molar-refractivity contribution >= 4 is 0 Å². The molecule has 0 saturated heterocycles. The average Bonchev–Trinajstić information content (AvgIpc) is 2.58. The molecular weight excluding hydrogens is 206 g/mol. The van der Waals surface area contributed by atoms with Gasteiger partial charge in [0.05, 0.1) is 0 Å². The highest BCUT2D eigenvalue weighted by Gasteiger charge is 2.34. The molecule has 17 heavy (non-hydrogen) atoms. The highest BCUT2D eigenvalue weighted by Crippen LogP contribution is 2.38. The lowest BCUT2D eigenvalue weighted by atomic mass is 9.77. The van der Waals surface area contributed by atoms with Crippen LogP contribution >= 0.6 is 0 Å². The Labute approximate surface area is 108 Å². The summed E-state index contributed by atoms with van der Waals surface area (Å²) >= 11 is 0. The molecule has 1 heteroatoms. The molecule has 0 aliphatic heterocycles. The Morgan fingerprint density at radius 2 is 1.76 bits per heavy atom. The van der Waals surface area contributed by atoms with E-state index in [1.165, 1.54) is 44.9 Å². The molecule has 2 aliphatic carbocycles. The van der Waals surface area contributed by atoms with Gasteiger partial charge < -0.3 is 5.32 Å². The van der Waals surface area contributed by atoms with Gasteiger partial charge in [-0.2, -0.15) is 0 Å². The van der Waals surface area contributed by atoms with Crippen molar-refractivity contribution in [3.05, 3.63) is 0 Å². The van der Waals surface area contributed by atoms with Crippen molar-refractivity contribution in [3.63, 3.8) is 0 Å². The Morgan fingerprint density at radius 3 is 2.35 bits per heavy atom. The van der Waals surface area contributed by atoms with Crippen LogP contribution in [0.2, 0.25) is 0 Å². The summed E-state index contributed by atoms with van der Waals surface area (Å²) in [4.78, 5) is 0. The van der Waals surface area contributed by atoms with Crippen LogP contribution in [0, 0.1) is 17.3 Å². The Balaban J connectivity index is 1.88. The van der Waals surface area contributed by atoms with Crippen LogP contribution in [0.25, 0.3) is 0 Å². The fourth-order valence-electron chi connectivity index (χ4n) is 4.05. The smallest absolute Gasteiger partial charge is 0.0100 e. The second-order valence-electron chi connectivity index (χ2n) is 7.57. The summed E-state index contributed by atoms with van der Waals surface area (Å²) in [5.41, 5.74) is 0.583. The molecule has 0 radical (unpaired) electrons. The zero-order chi connectivity index (χ0) is 12.5. The standard InChI is InChI=1S/C16H31N/c1-12(2)14-7-5-6-8-15(14)17-13-9-10-16(3,4)11-13/h12-15,17H,5-11H2,1-4H3. The molecule has 0 amide bonds. The summed E-state index contributed by atoms with van der Waals surface area (Å²) in [5, 5.41) is 4.00. The van der Waals surface area contributed by atoms with Crippen LogP contribution in [0.5, 0.6) is 0 Å². The summed E-state index contributed by atoms with van der Waals surface area (Å²) in [6.45, 7) is 9.66. The van der Waals surface area contributed by atoms with Crippen LogP contribution in [0.15, 0.2) is 0 Å². The van der Waals surface area contributed by atoms with E-state index in [2.05, 4.69) is 33.0 Å². The molecule has 0 bridgehead atoms. The van der Waals surface area contributed by atoms with Gasteiger partial charge in [-0.3, -0.25) is 0 Å². The number of rotatable bonds is 3. The average molecular weight is 237 g/mol. The van der Waals surface area contributed by atoms with Gasteiger partial charge in [-0.1, -0.05) is 40.5 Å². The lowest BCUT2D eigenvalue weighted by Crippen LogP contribution is -2.45. The van der Waals surface area contributed by atoms with Gasteiger partial charge in [-0.05, 0) is 49.4 Å². The van der Waals surface area contributed by atoms with Crippen molar-refractivity contribution in [3.8, 4) is 0 Å². The van der Waals surface area contributed by atoms with E-state index < -0.39 is 0 Å². The maximum atomic E-state index is 4.00. The van der Waals surface area contributed by atoms with Gasteiger partial charge in [0.2, 0.25) is 0 Å². The quantitative estimate of drug-likeness (QED) is 0.768. The molecule has 1 N–H and O–H groups in total. The molecule has 2 aliphatic rings. The first-order valence-electron chi connectivity index (χ1n) is 7.74. The predicted octanol–water partition coefficient (Wildman–Crippen LogP) is 4.37. The van der Waals surface area contributed by atoms with Gasteiger partial charge in [0, 0.05) is 12.1 Å². The Kier molecular flexibility index (Phi) is 4.18. The Bertz CT molecular complexity index is 244. The van der Waals surface area contributed by atoms with Crippen LogP contribution in [-0.2, 0) is 0 Å². The second-order valence-corrected chi connectivity index (χ2v) is 7.57. The van der Waals surface area contributed by atoms with E-state index in [1.54, 1.807) is 0 Å². The minimum absolute atomic E-state index is 0.583. The van der Waals surface area contributed by atoms with Crippen molar-refractivity contribution < 1.29 is 0 Å². The molecule has 2 saturated carbocycles. The zero-order valence-corrected chi connectivity index (χ0v) is 12.3. The molecule has 0 spiro atoms. The van der Waals surface area contributed by atoms with Crippen LogP contribution in [0.3, 0.4) is 0 Å². The summed E-state index contributed by atoms with van der Waals surface area (Å²) in [5.74, 6) is 1.77. The molecule has 0 heterocycles. The monoisotopic (exact) mass is 237 g/mol. The number of hydrogen-bond acceptors (Lipinski definition) is 1. The maximum absolute atomic E-state index is 4.00. The lowest BCUT2D eigenvalue weighted by molar-refractivity contribution is 0.189. The lowest BCUT2D eigenvalue weighted by Gasteiger charge is -2.37. The van der Waals surface area contributed by atoms with Gasteiger partial charge >= 0.3 is 0 Å². The zero-order valence-electron chi connectivity index (χ0n) is 12.3. The highest BCUT2D eigenvalue weighted by atomic mass is 15.0. The first kappa shape index (κ1) is 13.4. The molecular formula is C16H31N. The largest absolute Gasteiger partial charge is 0.311 e. The van der Waals surface area contributed by atoms with Gasteiger partial charge in [0.1, 0.15) is 0 Å². The fourth-order valence-corrected chi connectivity index (χ4v) is 4.05. The SMILES string of the molecule is CC(C)C1CCCCC1NC1CCC(C)(C)C1. The molecule has 2 fully saturated rings. The van der Waals surface area contributed by atoms with Crippen LogP contribution < -0.4 is 5.32 Å². The fraction of sp³-hybridized carbons (Fsp3) is 1.00.